The second-order valence-corrected chi connectivity index (χ2v) is 9.75. The lowest BCUT2D eigenvalue weighted by Crippen LogP contribution is -2.39. The molecule has 3 aliphatic rings. The van der Waals surface area contributed by atoms with Gasteiger partial charge in [0.05, 0.1) is 17.0 Å². The molecular weight excluding hydrogens is 484 g/mol. The van der Waals surface area contributed by atoms with Gasteiger partial charge in [-0.05, 0) is 66.8 Å². The predicted octanol–water partition coefficient (Wildman–Crippen LogP) is 5.43. The van der Waals surface area contributed by atoms with Crippen LogP contribution in [0.5, 0.6) is 17.2 Å². The summed E-state index contributed by atoms with van der Waals surface area (Å²) in [5.41, 5.74) is 2.40. The minimum Gasteiger partial charge on any atom is -0.485 e. The largest absolute Gasteiger partial charge is 0.586 e. The Balaban J connectivity index is 1.29. The van der Waals surface area contributed by atoms with Crippen LogP contribution in [0.4, 0.5) is 8.78 Å². The first-order valence-corrected chi connectivity index (χ1v) is 12.0. The van der Waals surface area contributed by atoms with E-state index in [4.69, 9.17) is 4.74 Å². The number of ether oxygens (including phenoxy) is 3. The van der Waals surface area contributed by atoms with Crippen LogP contribution in [0.25, 0.3) is 0 Å². The Morgan fingerprint density at radius 2 is 1.76 bits per heavy atom. The van der Waals surface area contributed by atoms with Gasteiger partial charge in [-0.25, -0.2) is 4.79 Å². The maximum Gasteiger partial charge on any atom is 0.586 e. The second-order valence-electron chi connectivity index (χ2n) is 9.75. The summed E-state index contributed by atoms with van der Waals surface area (Å²) in [6.07, 6.45) is -2.65. The van der Waals surface area contributed by atoms with E-state index in [1.165, 1.54) is 18.2 Å². The number of aryl methyl sites for hydroxylation is 1. The first-order chi connectivity index (χ1) is 17.6. The molecule has 0 unspecified atom stereocenters. The fourth-order valence-electron chi connectivity index (χ4n) is 5.10. The minimum atomic E-state index is -3.73. The molecule has 1 fully saturated rings. The number of alkyl halides is 2. The molecule has 2 atom stereocenters. The van der Waals surface area contributed by atoms with Crippen molar-refractivity contribution in [3.8, 4) is 17.2 Å². The summed E-state index contributed by atoms with van der Waals surface area (Å²) in [5.74, 6) is -0.778. The molecule has 190 valence electrons. The van der Waals surface area contributed by atoms with E-state index in [2.05, 4.69) is 14.8 Å². The van der Waals surface area contributed by atoms with Gasteiger partial charge in [-0.1, -0.05) is 30.3 Å². The number of hydrogen-bond acceptors (Lipinski definition) is 5. The van der Waals surface area contributed by atoms with Crippen LogP contribution in [0.15, 0.2) is 60.7 Å². The molecule has 6 rings (SSSR count). The third kappa shape index (κ3) is 4.14. The molecule has 0 saturated heterocycles. The maximum absolute atomic E-state index is 13.6. The fourth-order valence-corrected chi connectivity index (χ4v) is 5.10. The molecule has 2 heterocycles. The van der Waals surface area contributed by atoms with Crippen molar-refractivity contribution < 1.29 is 37.7 Å². The zero-order chi connectivity index (χ0) is 25.9. The quantitative estimate of drug-likeness (QED) is 0.479. The maximum atomic E-state index is 13.6. The van der Waals surface area contributed by atoms with Crippen LogP contribution >= 0.6 is 0 Å². The summed E-state index contributed by atoms with van der Waals surface area (Å²) in [6.45, 7) is 1.94. The van der Waals surface area contributed by atoms with Gasteiger partial charge in [0.1, 0.15) is 11.9 Å². The Morgan fingerprint density at radius 3 is 2.51 bits per heavy atom. The SMILES string of the molecule is Cc1ccc2c(c1)O[C@@H](c1cccc(C(=O)O)c1)C[C@H]2NC(=O)C1(c2ccc3c(c2)OC(F)(F)O3)CC1. The summed E-state index contributed by atoms with van der Waals surface area (Å²) in [5, 5.41) is 12.6. The zero-order valence-corrected chi connectivity index (χ0v) is 19.8. The Kier molecular flexibility index (Phi) is 5.15. The molecule has 0 radical (unpaired) electrons. The van der Waals surface area contributed by atoms with Gasteiger partial charge in [0, 0.05) is 12.0 Å². The Morgan fingerprint density at radius 1 is 0.973 bits per heavy atom. The molecule has 37 heavy (non-hydrogen) atoms. The van der Waals surface area contributed by atoms with Crippen molar-refractivity contribution in [2.24, 2.45) is 0 Å². The van der Waals surface area contributed by atoms with E-state index >= 15 is 0 Å². The normalized spacial score (nSPS) is 21.9. The van der Waals surface area contributed by atoms with Crippen LogP contribution in [0.2, 0.25) is 0 Å². The van der Waals surface area contributed by atoms with E-state index in [9.17, 15) is 23.5 Å². The van der Waals surface area contributed by atoms with Crippen molar-refractivity contribution in [2.75, 3.05) is 0 Å². The van der Waals surface area contributed by atoms with Crippen molar-refractivity contribution in [1.29, 1.82) is 0 Å². The second kappa shape index (κ2) is 8.19. The van der Waals surface area contributed by atoms with Crippen LogP contribution in [0, 0.1) is 6.92 Å². The van der Waals surface area contributed by atoms with E-state index < -0.39 is 29.8 Å². The van der Waals surface area contributed by atoms with Crippen LogP contribution in [0.1, 0.15) is 64.0 Å². The molecule has 9 heteroatoms. The van der Waals surface area contributed by atoms with Crippen molar-refractivity contribution in [3.05, 3.63) is 88.5 Å². The number of hydrogen-bond donors (Lipinski definition) is 2. The Labute approximate surface area is 211 Å². The smallest absolute Gasteiger partial charge is 0.485 e. The molecule has 1 aliphatic carbocycles. The number of fused-ring (bicyclic) bond motifs is 2. The molecule has 1 amide bonds. The molecule has 0 bridgehead atoms. The average molecular weight is 507 g/mol. The fraction of sp³-hybridized carbons (Fsp3) is 0.286. The summed E-state index contributed by atoms with van der Waals surface area (Å²) in [4.78, 5) is 25.1. The number of halogens is 2. The first-order valence-electron chi connectivity index (χ1n) is 12.0. The van der Waals surface area contributed by atoms with Crippen molar-refractivity contribution >= 4 is 11.9 Å². The van der Waals surface area contributed by atoms with E-state index in [-0.39, 0.29) is 23.0 Å². The highest BCUT2D eigenvalue weighted by Gasteiger charge is 2.53. The number of rotatable bonds is 5. The van der Waals surface area contributed by atoms with Crippen LogP contribution in [0.3, 0.4) is 0 Å². The van der Waals surface area contributed by atoms with E-state index in [1.807, 2.05) is 31.2 Å². The molecular formula is C28H23F2NO6. The monoisotopic (exact) mass is 507 g/mol. The molecule has 0 spiro atoms. The van der Waals surface area contributed by atoms with Crippen molar-refractivity contribution in [2.45, 2.75) is 50.0 Å². The van der Waals surface area contributed by atoms with E-state index in [0.29, 0.717) is 36.1 Å². The molecule has 3 aromatic carbocycles. The number of carbonyl (C=O) groups excluding carboxylic acids is 1. The standard InChI is InChI=1S/C28H23F2NO6/c1-15-5-7-19-20(14-22(35-23(19)11-15)16-3-2-4-17(12-16)25(32)33)31-26(34)27(9-10-27)18-6-8-21-24(13-18)37-28(29,30)36-21/h2-8,11-13,20,22H,9-10,14H2,1H3,(H,31,34)(H,32,33)/t20-,22-/m1/s1. The molecule has 0 aromatic heterocycles. The summed E-state index contributed by atoms with van der Waals surface area (Å²) in [7, 11) is 0. The average Bonchev–Trinajstić information content (AvgIpc) is 3.60. The Bertz CT molecular complexity index is 1430. The van der Waals surface area contributed by atoms with Crippen molar-refractivity contribution in [1.82, 2.24) is 5.32 Å². The molecule has 2 aliphatic heterocycles. The molecule has 7 nitrogen and oxygen atoms in total. The molecule has 2 N–H and O–H groups in total. The number of nitrogens with one attached hydrogen (secondary N) is 1. The van der Waals surface area contributed by atoms with Crippen LogP contribution < -0.4 is 19.5 Å². The summed E-state index contributed by atoms with van der Waals surface area (Å²) in [6, 6.07) is 16.4. The lowest BCUT2D eigenvalue weighted by molar-refractivity contribution is -0.286. The predicted molar refractivity (Wildman–Crippen MR) is 127 cm³/mol. The highest BCUT2D eigenvalue weighted by atomic mass is 19.3. The van der Waals surface area contributed by atoms with Gasteiger partial charge in [-0.3, -0.25) is 4.79 Å². The number of carbonyl (C=O) groups is 2. The van der Waals surface area contributed by atoms with Gasteiger partial charge in [0.15, 0.2) is 11.5 Å². The molecule has 1 saturated carbocycles. The number of carboxylic acid groups (broad SMARTS) is 1. The highest BCUT2D eigenvalue weighted by molar-refractivity contribution is 5.92. The van der Waals surface area contributed by atoms with Gasteiger partial charge in [0.2, 0.25) is 5.91 Å². The minimum absolute atomic E-state index is 0.0647. The number of benzene rings is 3. The van der Waals surface area contributed by atoms with E-state index in [0.717, 1.165) is 11.1 Å². The lowest BCUT2D eigenvalue weighted by atomic mass is 9.89. The van der Waals surface area contributed by atoms with Gasteiger partial charge < -0.3 is 24.6 Å². The third-order valence-corrected chi connectivity index (χ3v) is 7.21. The van der Waals surface area contributed by atoms with Gasteiger partial charge in [-0.2, -0.15) is 0 Å². The third-order valence-electron chi connectivity index (χ3n) is 7.21. The van der Waals surface area contributed by atoms with Crippen molar-refractivity contribution in [3.63, 3.8) is 0 Å². The van der Waals surface area contributed by atoms with E-state index in [1.54, 1.807) is 18.2 Å². The van der Waals surface area contributed by atoms with Gasteiger partial charge in [-0.15, -0.1) is 8.78 Å². The van der Waals surface area contributed by atoms with Gasteiger partial charge >= 0.3 is 12.3 Å². The number of aromatic carboxylic acids is 1. The number of amides is 1. The van der Waals surface area contributed by atoms with Gasteiger partial charge in [0.25, 0.3) is 0 Å². The molecule has 3 aromatic rings. The number of carboxylic acids is 1. The summed E-state index contributed by atoms with van der Waals surface area (Å²) < 4.78 is 42.3. The topological polar surface area (TPSA) is 94.1 Å². The lowest BCUT2D eigenvalue weighted by Gasteiger charge is -2.34. The van der Waals surface area contributed by atoms with Crippen LogP contribution in [-0.2, 0) is 10.2 Å². The summed E-state index contributed by atoms with van der Waals surface area (Å²) >= 11 is 0. The first kappa shape index (κ1) is 23.3. The zero-order valence-electron chi connectivity index (χ0n) is 19.8. The highest BCUT2D eigenvalue weighted by Crippen LogP contribution is 2.52. The van der Waals surface area contributed by atoms with Crippen LogP contribution in [-0.4, -0.2) is 23.3 Å². The Hall–Kier alpha value is -4.14.